The molecule has 2 atom stereocenters. The van der Waals surface area contributed by atoms with Crippen LogP contribution in [0.15, 0.2) is 0 Å². The maximum atomic E-state index is 12.2. The van der Waals surface area contributed by atoms with Crippen molar-refractivity contribution in [3.05, 3.63) is 0 Å². The lowest BCUT2D eigenvalue weighted by atomic mass is 9.98. The van der Waals surface area contributed by atoms with E-state index in [2.05, 4.69) is 23.9 Å². The van der Waals surface area contributed by atoms with Crippen molar-refractivity contribution in [3.63, 3.8) is 0 Å². The molecule has 0 aromatic carbocycles. The number of piperidine rings is 1. The second-order valence-electron chi connectivity index (χ2n) is 5.78. The zero-order valence-corrected chi connectivity index (χ0v) is 12.9. The van der Waals surface area contributed by atoms with E-state index < -0.39 is 10.2 Å². The normalized spacial score (nSPS) is 29.6. The molecule has 0 spiro atoms. The third-order valence-electron chi connectivity index (χ3n) is 4.34. The second-order valence-corrected chi connectivity index (χ2v) is 7.49. The molecular formula is C13H27N3O2S. The van der Waals surface area contributed by atoms with Crippen LogP contribution >= 0.6 is 0 Å². The summed E-state index contributed by atoms with van der Waals surface area (Å²) in [5, 5.41) is 3.34. The molecule has 1 saturated heterocycles. The fourth-order valence-corrected chi connectivity index (χ4v) is 4.32. The van der Waals surface area contributed by atoms with Crippen molar-refractivity contribution in [2.24, 2.45) is 11.8 Å². The molecule has 112 valence electrons. The molecule has 19 heavy (non-hydrogen) atoms. The van der Waals surface area contributed by atoms with Crippen LogP contribution in [-0.2, 0) is 10.2 Å². The van der Waals surface area contributed by atoms with Gasteiger partial charge in [-0.15, -0.1) is 0 Å². The molecule has 0 aromatic rings. The Morgan fingerprint density at radius 1 is 1.21 bits per heavy atom. The molecule has 2 aliphatic rings. The molecule has 1 aliphatic heterocycles. The van der Waals surface area contributed by atoms with E-state index in [1.165, 1.54) is 0 Å². The van der Waals surface area contributed by atoms with Gasteiger partial charge in [-0.2, -0.15) is 17.4 Å². The highest BCUT2D eigenvalue weighted by molar-refractivity contribution is 7.87. The van der Waals surface area contributed by atoms with Crippen molar-refractivity contribution >= 4 is 10.2 Å². The van der Waals surface area contributed by atoms with Gasteiger partial charge in [0.2, 0.25) is 0 Å². The molecule has 2 fully saturated rings. The molecule has 2 N–H and O–H groups in total. The molecule has 0 aromatic heterocycles. The molecule has 6 heteroatoms. The largest absolute Gasteiger partial charge is 0.317 e. The average molecular weight is 289 g/mol. The summed E-state index contributed by atoms with van der Waals surface area (Å²) in [4.78, 5) is 0. The Bertz CT molecular complexity index is 377. The van der Waals surface area contributed by atoms with Gasteiger partial charge in [-0.1, -0.05) is 20.3 Å². The lowest BCUT2D eigenvalue weighted by Crippen LogP contribution is -2.47. The molecule has 1 heterocycles. The van der Waals surface area contributed by atoms with E-state index in [-0.39, 0.29) is 6.04 Å². The van der Waals surface area contributed by atoms with Gasteiger partial charge >= 0.3 is 0 Å². The maximum Gasteiger partial charge on any atom is 0.279 e. The van der Waals surface area contributed by atoms with Gasteiger partial charge in [0.25, 0.3) is 10.2 Å². The molecule has 0 bridgehead atoms. The molecule has 2 unspecified atom stereocenters. The molecule has 1 aliphatic carbocycles. The fraction of sp³-hybridized carbons (Fsp3) is 1.00. The summed E-state index contributed by atoms with van der Waals surface area (Å²) >= 11 is 0. The highest BCUT2D eigenvalue weighted by atomic mass is 32.2. The summed E-state index contributed by atoms with van der Waals surface area (Å²) in [5.74, 6) is 1.18. The summed E-state index contributed by atoms with van der Waals surface area (Å²) in [6, 6.07) is 0.189. The Labute approximate surface area is 117 Å². The predicted octanol–water partition coefficient (Wildman–Crippen LogP) is 0.941. The Morgan fingerprint density at radius 3 is 2.42 bits per heavy atom. The van der Waals surface area contributed by atoms with Gasteiger partial charge in [0.1, 0.15) is 0 Å². The zero-order valence-electron chi connectivity index (χ0n) is 12.1. The summed E-state index contributed by atoms with van der Waals surface area (Å²) in [6.07, 6.45) is 4.01. The first-order valence-corrected chi connectivity index (χ1v) is 8.99. The SMILES string of the molecule is CCNCC1CCN(S(=O)(=O)NC2CC2CC)CC1. The van der Waals surface area contributed by atoms with E-state index in [1.807, 2.05) is 0 Å². The Hall–Kier alpha value is -0.170. The van der Waals surface area contributed by atoms with Crippen LogP contribution in [0.25, 0.3) is 0 Å². The smallest absolute Gasteiger partial charge is 0.279 e. The Kier molecular flexibility index (Phi) is 5.22. The lowest BCUT2D eigenvalue weighted by Gasteiger charge is -2.31. The van der Waals surface area contributed by atoms with E-state index in [1.54, 1.807) is 4.31 Å². The topological polar surface area (TPSA) is 61.4 Å². The predicted molar refractivity (Wildman–Crippen MR) is 77.1 cm³/mol. The second kappa shape index (κ2) is 6.52. The summed E-state index contributed by atoms with van der Waals surface area (Å²) in [6.45, 7) is 7.54. The van der Waals surface area contributed by atoms with Gasteiger partial charge in [0, 0.05) is 19.1 Å². The van der Waals surface area contributed by atoms with Gasteiger partial charge < -0.3 is 5.32 Å². The molecule has 5 nitrogen and oxygen atoms in total. The standard InChI is InChI=1S/C13H27N3O2S/c1-3-12-9-13(12)15-19(17,18)16-7-5-11(6-8-16)10-14-4-2/h11-15H,3-10H2,1-2H3. The van der Waals surface area contributed by atoms with Crippen LogP contribution in [-0.4, -0.2) is 44.9 Å². The molecule has 0 amide bonds. The highest BCUT2D eigenvalue weighted by Gasteiger charge is 2.40. The summed E-state index contributed by atoms with van der Waals surface area (Å²) in [7, 11) is -3.24. The van der Waals surface area contributed by atoms with Gasteiger partial charge in [-0.25, -0.2) is 0 Å². The average Bonchev–Trinajstić information content (AvgIpc) is 3.14. The van der Waals surface area contributed by atoms with Crippen LogP contribution in [0.4, 0.5) is 0 Å². The van der Waals surface area contributed by atoms with Crippen molar-refractivity contribution in [3.8, 4) is 0 Å². The van der Waals surface area contributed by atoms with E-state index in [0.29, 0.717) is 24.9 Å². The quantitative estimate of drug-likeness (QED) is 0.733. The van der Waals surface area contributed by atoms with Crippen LogP contribution in [0, 0.1) is 11.8 Å². The van der Waals surface area contributed by atoms with Gasteiger partial charge in [0.05, 0.1) is 0 Å². The zero-order chi connectivity index (χ0) is 13.9. The van der Waals surface area contributed by atoms with Gasteiger partial charge in [-0.3, -0.25) is 0 Å². The number of hydrogen-bond donors (Lipinski definition) is 2. The number of rotatable bonds is 7. The highest BCUT2D eigenvalue weighted by Crippen LogP contribution is 2.34. The number of hydrogen-bond acceptors (Lipinski definition) is 3. The van der Waals surface area contributed by atoms with Crippen LogP contribution in [0.3, 0.4) is 0 Å². The third-order valence-corrected chi connectivity index (χ3v) is 5.99. The van der Waals surface area contributed by atoms with Crippen LogP contribution < -0.4 is 10.0 Å². The first kappa shape index (κ1) is 15.2. The summed E-state index contributed by atoms with van der Waals surface area (Å²) < 4.78 is 28.9. The maximum absolute atomic E-state index is 12.2. The molecule has 0 radical (unpaired) electrons. The minimum absolute atomic E-state index is 0.189. The van der Waals surface area contributed by atoms with Crippen LogP contribution in [0.2, 0.25) is 0 Å². The monoisotopic (exact) mass is 289 g/mol. The van der Waals surface area contributed by atoms with Crippen molar-refractivity contribution < 1.29 is 8.42 Å². The van der Waals surface area contributed by atoms with E-state index >= 15 is 0 Å². The van der Waals surface area contributed by atoms with Crippen molar-refractivity contribution in [1.82, 2.24) is 14.3 Å². The van der Waals surface area contributed by atoms with Gasteiger partial charge in [0.15, 0.2) is 0 Å². The first-order valence-electron chi connectivity index (χ1n) is 7.55. The fourth-order valence-electron chi connectivity index (χ4n) is 2.81. The molecule has 2 rings (SSSR count). The third kappa shape index (κ3) is 4.15. The lowest BCUT2D eigenvalue weighted by molar-refractivity contribution is 0.266. The van der Waals surface area contributed by atoms with Crippen molar-refractivity contribution in [2.45, 2.75) is 45.6 Å². The Balaban J connectivity index is 1.77. The van der Waals surface area contributed by atoms with Crippen molar-refractivity contribution in [2.75, 3.05) is 26.2 Å². The molecule has 1 saturated carbocycles. The van der Waals surface area contributed by atoms with E-state index in [4.69, 9.17) is 0 Å². The van der Waals surface area contributed by atoms with Crippen LogP contribution in [0.5, 0.6) is 0 Å². The number of nitrogens with zero attached hydrogens (tertiary/aromatic N) is 1. The minimum Gasteiger partial charge on any atom is -0.317 e. The van der Waals surface area contributed by atoms with E-state index in [0.717, 1.165) is 38.8 Å². The first-order chi connectivity index (χ1) is 9.06. The summed E-state index contributed by atoms with van der Waals surface area (Å²) in [5.41, 5.74) is 0. The Morgan fingerprint density at radius 2 is 1.89 bits per heavy atom. The van der Waals surface area contributed by atoms with Crippen molar-refractivity contribution in [1.29, 1.82) is 0 Å². The minimum atomic E-state index is -3.24. The van der Waals surface area contributed by atoms with E-state index in [9.17, 15) is 8.42 Å². The van der Waals surface area contributed by atoms with Crippen LogP contribution in [0.1, 0.15) is 39.5 Å². The molecular weight excluding hydrogens is 262 g/mol. The number of nitrogens with one attached hydrogen (secondary N) is 2. The van der Waals surface area contributed by atoms with Gasteiger partial charge in [-0.05, 0) is 44.2 Å².